The molecule has 0 aliphatic heterocycles. The Morgan fingerprint density at radius 2 is 1.59 bits per heavy atom. The molecule has 8 heteroatoms. The van der Waals surface area contributed by atoms with Crippen LogP contribution < -0.4 is 5.32 Å². The number of phenolic OH excluding ortho intramolecular Hbond substituents is 4. The van der Waals surface area contributed by atoms with E-state index in [1.54, 1.807) is 13.8 Å². The number of amides is 1. The normalized spacial score (nSPS) is 12.1. The lowest BCUT2D eigenvalue weighted by Gasteiger charge is -2.19. The van der Waals surface area contributed by atoms with E-state index in [9.17, 15) is 30.0 Å². The maximum absolute atomic E-state index is 12.4. The number of carbonyl (C=O) groups excluding carboxylic acids is 2. The molecular formula is C21H23NO7. The Labute approximate surface area is 167 Å². The number of hydrogen-bond acceptors (Lipinski definition) is 7. The first-order valence-electron chi connectivity index (χ1n) is 8.87. The number of hydrogen-bond donors (Lipinski definition) is 5. The maximum atomic E-state index is 12.4. The van der Waals surface area contributed by atoms with Gasteiger partial charge in [0.2, 0.25) is 5.91 Å². The monoisotopic (exact) mass is 401 g/mol. The Kier molecular flexibility index (Phi) is 7.08. The zero-order valence-corrected chi connectivity index (χ0v) is 16.0. The number of esters is 1. The minimum atomic E-state index is -1.02. The SMILES string of the molecule is CC(C)OC(=O)[C@@H](Cc1ccc(O)c(O)c1)NC(=O)/C=C/c1ccc(O)c(O)c1. The summed E-state index contributed by atoms with van der Waals surface area (Å²) >= 11 is 0. The van der Waals surface area contributed by atoms with Crippen LogP contribution in [-0.2, 0) is 20.7 Å². The molecule has 1 atom stereocenters. The molecule has 0 radical (unpaired) electrons. The van der Waals surface area contributed by atoms with E-state index in [2.05, 4.69) is 5.32 Å². The lowest BCUT2D eigenvalue weighted by molar-refractivity contribution is -0.151. The second-order valence-electron chi connectivity index (χ2n) is 6.66. The summed E-state index contributed by atoms with van der Waals surface area (Å²) in [4.78, 5) is 24.6. The number of aromatic hydroxyl groups is 4. The van der Waals surface area contributed by atoms with Gasteiger partial charge in [-0.3, -0.25) is 4.79 Å². The van der Waals surface area contributed by atoms with Crippen LogP contribution in [0.4, 0.5) is 0 Å². The van der Waals surface area contributed by atoms with Crippen LogP contribution in [0.1, 0.15) is 25.0 Å². The second kappa shape index (κ2) is 9.50. The third-order valence-electron chi connectivity index (χ3n) is 3.86. The average Bonchev–Trinajstić information content (AvgIpc) is 2.64. The van der Waals surface area contributed by atoms with Crippen LogP contribution in [0.15, 0.2) is 42.5 Å². The molecule has 0 heterocycles. The lowest BCUT2D eigenvalue weighted by atomic mass is 10.0. The van der Waals surface area contributed by atoms with E-state index in [1.165, 1.54) is 48.6 Å². The van der Waals surface area contributed by atoms with Crippen LogP contribution in [0, 0.1) is 0 Å². The topological polar surface area (TPSA) is 136 Å². The molecule has 0 aromatic heterocycles. The number of phenols is 4. The van der Waals surface area contributed by atoms with Gasteiger partial charge in [-0.05, 0) is 55.3 Å². The Hall–Kier alpha value is -3.68. The van der Waals surface area contributed by atoms with E-state index >= 15 is 0 Å². The Morgan fingerprint density at radius 1 is 0.966 bits per heavy atom. The van der Waals surface area contributed by atoms with Gasteiger partial charge < -0.3 is 30.5 Å². The van der Waals surface area contributed by atoms with Crippen molar-refractivity contribution in [3.63, 3.8) is 0 Å². The fourth-order valence-electron chi connectivity index (χ4n) is 2.48. The third kappa shape index (κ3) is 6.46. The molecule has 0 saturated heterocycles. The van der Waals surface area contributed by atoms with Crippen molar-refractivity contribution in [2.45, 2.75) is 32.4 Å². The summed E-state index contributed by atoms with van der Waals surface area (Å²) in [5.41, 5.74) is 0.985. The van der Waals surface area contributed by atoms with Crippen LogP contribution in [0.25, 0.3) is 6.08 Å². The summed E-state index contributed by atoms with van der Waals surface area (Å²) in [7, 11) is 0. The zero-order valence-electron chi connectivity index (χ0n) is 16.0. The highest BCUT2D eigenvalue weighted by Crippen LogP contribution is 2.26. The van der Waals surface area contributed by atoms with Gasteiger partial charge in [-0.1, -0.05) is 12.1 Å². The predicted octanol–water partition coefficient (Wildman–Crippen LogP) is 2.20. The standard InChI is InChI=1S/C21H23NO7/c1-12(2)29-21(28)15(9-14-4-7-17(24)19(26)11-14)22-20(27)8-5-13-3-6-16(23)18(25)10-13/h3-8,10-12,15,23-26H,9H2,1-2H3,(H,22,27)/b8-5+/t15-/m1/s1. The van der Waals surface area contributed by atoms with E-state index in [4.69, 9.17) is 4.74 Å². The van der Waals surface area contributed by atoms with Crippen molar-refractivity contribution in [2.75, 3.05) is 0 Å². The zero-order chi connectivity index (χ0) is 21.6. The molecule has 0 saturated carbocycles. The van der Waals surface area contributed by atoms with E-state index in [0.29, 0.717) is 11.1 Å². The summed E-state index contributed by atoms with van der Waals surface area (Å²) in [6.07, 6.45) is 2.24. The molecule has 0 unspecified atom stereocenters. The van der Waals surface area contributed by atoms with Crippen LogP contribution in [0.3, 0.4) is 0 Å². The van der Waals surface area contributed by atoms with E-state index in [0.717, 1.165) is 0 Å². The first-order valence-corrected chi connectivity index (χ1v) is 8.87. The van der Waals surface area contributed by atoms with E-state index in [-0.39, 0.29) is 35.5 Å². The maximum Gasteiger partial charge on any atom is 0.329 e. The number of nitrogens with one attached hydrogen (secondary N) is 1. The van der Waals surface area contributed by atoms with Gasteiger partial charge in [-0.2, -0.15) is 0 Å². The van der Waals surface area contributed by atoms with Crippen molar-refractivity contribution in [2.24, 2.45) is 0 Å². The molecule has 0 aliphatic carbocycles. The molecule has 2 aromatic carbocycles. The van der Waals surface area contributed by atoms with Crippen molar-refractivity contribution >= 4 is 18.0 Å². The smallest absolute Gasteiger partial charge is 0.329 e. The van der Waals surface area contributed by atoms with E-state index in [1.807, 2.05) is 0 Å². The first kappa shape index (κ1) is 21.6. The van der Waals surface area contributed by atoms with Gasteiger partial charge >= 0.3 is 5.97 Å². The first-order chi connectivity index (χ1) is 13.7. The lowest BCUT2D eigenvalue weighted by Crippen LogP contribution is -2.43. The summed E-state index contributed by atoms with van der Waals surface area (Å²) in [6, 6.07) is 7.15. The average molecular weight is 401 g/mol. The van der Waals surface area contributed by atoms with Gasteiger partial charge in [-0.15, -0.1) is 0 Å². The van der Waals surface area contributed by atoms with Crippen molar-refractivity contribution in [3.8, 4) is 23.0 Å². The fraction of sp³-hybridized carbons (Fsp3) is 0.238. The molecule has 154 valence electrons. The largest absolute Gasteiger partial charge is 0.504 e. The number of carbonyl (C=O) groups is 2. The second-order valence-corrected chi connectivity index (χ2v) is 6.66. The van der Waals surface area contributed by atoms with Crippen LogP contribution in [0.2, 0.25) is 0 Å². The number of benzene rings is 2. The van der Waals surface area contributed by atoms with Crippen molar-refractivity contribution < 1.29 is 34.8 Å². The van der Waals surface area contributed by atoms with Gasteiger partial charge in [0, 0.05) is 12.5 Å². The van der Waals surface area contributed by atoms with Crippen molar-refractivity contribution in [3.05, 3.63) is 53.6 Å². The number of ether oxygens (including phenoxy) is 1. The quantitative estimate of drug-likeness (QED) is 0.272. The summed E-state index contributed by atoms with van der Waals surface area (Å²) in [5.74, 6) is -2.45. The minimum Gasteiger partial charge on any atom is -0.504 e. The molecule has 29 heavy (non-hydrogen) atoms. The fourth-order valence-corrected chi connectivity index (χ4v) is 2.48. The van der Waals surface area contributed by atoms with Gasteiger partial charge in [0.25, 0.3) is 0 Å². The van der Waals surface area contributed by atoms with Crippen molar-refractivity contribution in [1.29, 1.82) is 0 Å². The van der Waals surface area contributed by atoms with Crippen LogP contribution in [0.5, 0.6) is 23.0 Å². The van der Waals surface area contributed by atoms with Crippen LogP contribution >= 0.6 is 0 Å². The third-order valence-corrected chi connectivity index (χ3v) is 3.86. The summed E-state index contributed by atoms with van der Waals surface area (Å²) in [6.45, 7) is 3.36. The van der Waals surface area contributed by atoms with Gasteiger partial charge in [0.1, 0.15) is 6.04 Å². The summed E-state index contributed by atoms with van der Waals surface area (Å²) in [5, 5.41) is 40.4. The Morgan fingerprint density at radius 3 is 2.17 bits per heavy atom. The minimum absolute atomic E-state index is 0.0406. The molecule has 0 spiro atoms. The molecule has 0 bridgehead atoms. The van der Waals surface area contributed by atoms with Gasteiger partial charge in [-0.25, -0.2) is 4.79 Å². The molecule has 0 aliphatic rings. The molecule has 5 N–H and O–H groups in total. The highest BCUT2D eigenvalue weighted by Gasteiger charge is 2.23. The molecule has 2 aromatic rings. The number of rotatable bonds is 7. The molecule has 1 amide bonds. The molecular weight excluding hydrogens is 378 g/mol. The Balaban J connectivity index is 2.13. The highest BCUT2D eigenvalue weighted by molar-refractivity contribution is 5.94. The van der Waals surface area contributed by atoms with E-state index < -0.39 is 17.9 Å². The van der Waals surface area contributed by atoms with Gasteiger partial charge in [0.05, 0.1) is 6.10 Å². The molecule has 0 fully saturated rings. The summed E-state index contributed by atoms with van der Waals surface area (Å²) < 4.78 is 5.18. The van der Waals surface area contributed by atoms with Crippen LogP contribution in [-0.4, -0.2) is 44.4 Å². The molecule has 2 rings (SSSR count). The highest BCUT2D eigenvalue weighted by atomic mass is 16.5. The Bertz CT molecular complexity index is 921. The van der Waals surface area contributed by atoms with Crippen molar-refractivity contribution in [1.82, 2.24) is 5.32 Å². The predicted molar refractivity (Wildman–Crippen MR) is 105 cm³/mol. The van der Waals surface area contributed by atoms with Gasteiger partial charge in [0.15, 0.2) is 23.0 Å². The molecule has 8 nitrogen and oxygen atoms in total.